The molecule has 0 aliphatic carbocycles. The predicted octanol–water partition coefficient (Wildman–Crippen LogP) is 3.73. The third kappa shape index (κ3) is 4.34. The van der Waals surface area contributed by atoms with Crippen molar-refractivity contribution in [2.24, 2.45) is 0 Å². The Hall–Kier alpha value is -3.84. The van der Waals surface area contributed by atoms with Crippen LogP contribution in [0.3, 0.4) is 0 Å². The monoisotopic (exact) mass is 456 g/mol. The SMILES string of the molecule is Cc1ccc(C2=C(Nc3ccc(N4CCN(C)CC4)cc3)C(=O)N(Cc3ccco3)C2=O)cc1. The minimum absolute atomic E-state index is 0.0908. The van der Waals surface area contributed by atoms with Gasteiger partial charge in [0.1, 0.15) is 11.5 Å². The first-order valence-electron chi connectivity index (χ1n) is 11.5. The summed E-state index contributed by atoms with van der Waals surface area (Å²) in [6.07, 6.45) is 1.54. The number of carbonyl (C=O) groups is 2. The maximum absolute atomic E-state index is 13.4. The first kappa shape index (κ1) is 22.0. The van der Waals surface area contributed by atoms with Crippen molar-refractivity contribution in [1.29, 1.82) is 0 Å². The molecule has 1 aromatic heterocycles. The normalized spacial score (nSPS) is 17.1. The van der Waals surface area contributed by atoms with Crippen LogP contribution in [0.25, 0.3) is 5.57 Å². The van der Waals surface area contributed by atoms with E-state index < -0.39 is 0 Å². The van der Waals surface area contributed by atoms with Crippen LogP contribution in [0, 0.1) is 6.92 Å². The van der Waals surface area contributed by atoms with Crippen LogP contribution in [0.5, 0.6) is 0 Å². The van der Waals surface area contributed by atoms with Gasteiger partial charge in [0, 0.05) is 37.6 Å². The number of piperazine rings is 1. The summed E-state index contributed by atoms with van der Waals surface area (Å²) >= 11 is 0. The van der Waals surface area contributed by atoms with Crippen molar-refractivity contribution >= 4 is 28.8 Å². The van der Waals surface area contributed by atoms with Crippen LogP contribution >= 0.6 is 0 Å². The molecular formula is C27H28N4O3. The molecule has 2 aliphatic heterocycles. The van der Waals surface area contributed by atoms with Gasteiger partial charge in [-0.3, -0.25) is 14.5 Å². The molecule has 3 heterocycles. The molecule has 3 aromatic rings. The molecule has 7 nitrogen and oxygen atoms in total. The van der Waals surface area contributed by atoms with Gasteiger partial charge >= 0.3 is 0 Å². The highest BCUT2D eigenvalue weighted by Gasteiger charge is 2.39. The standard InChI is InChI=1S/C27H28N4O3/c1-19-5-7-20(8-6-19)24-25(27(33)31(26(24)32)18-23-4-3-17-34-23)28-21-9-11-22(12-10-21)30-15-13-29(2)14-16-30/h3-12,17,28H,13-16,18H2,1-2H3. The smallest absolute Gasteiger partial charge is 0.278 e. The number of hydrogen-bond donors (Lipinski definition) is 1. The van der Waals surface area contributed by atoms with E-state index in [1.54, 1.807) is 12.1 Å². The van der Waals surface area contributed by atoms with E-state index in [-0.39, 0.29) is 24.1 Å². The van der Waals surface area contributed by atoms with Gasteiger partial charge in [0.05, 0.1) is 18.4 Å². The van der Waals surface area contributed by atoms with Crippen LogP contribution in [-0.2, 0) is 16.1 Å². The molecule has 0 bridgehead atoms. The summed E-state index contributed by atoms with van der Waals surface area (Å²) in [7, 11) is 2.14. The molecule has 1 N–H and O–H groups in total. The molecule has 1 saturated heterocycles. The Balaban J connectivity index is 1.43. The second kappa shape index (κ2) is 9.19. The maximum Gasteiger partial charge on any atom is 0.278 e. The molecule has 174 valence electrons. The van der Waals surface area contributed by atoms with Gasteiger partial charge in [-0.25, -0.2) is 0 Å². The topological polar surface area (TPSA) is 69.0 Å². The minimum Gasteiger partial charge on any atom is -0.467 e. The zero-order valence-corrected chi connectivity index (χ0v) is 19.5. The van der Waals surface area contributed by atoms with Crippen LogP contribution in [0.2, 0.25) is 0 Å². The third-order valence-corrected chi connectivity index (χ3v) is 6.41. The summed E-state index contributed by atoms with van der Waals surface area (Å²) < 4.78 is 5.39. The first-order valence-corrected chi connectivity index (χ1v) is 11.5. The minimum atomic E-state index is -0.361. The lowest BCUT2D eigenvalue weighted by molar-refractivity contribution is -0.137. The molecule has 5 rings (SSSR count). The molecule has 2 amide bonds. The Morgan fingerprint density at radius 2 is 1.59 bits per heavy atom. The number of furan rings is 1. The molecule has 0 spiro atoms. The van der Waals surface area contributed by atoms with E-state index in [1.807, 2.05) is 43.3 Å². The summed E-state index contributed by atoms with van der Waals surface area (Å²) in [5.74, 6) is -0.135. The fourth-order valence-corrected chi connectivity index (χ4v) is 4.35. The van der Waals surface area contributed by atoms with Crippen LogP contribution in [0.15, 0.2) is 77.0 Å². The van der Waals surface area contributed by atoms with E-state index in [9.17, 15) is 9.59 Å². The van der Waals surface area contributed by atoms with Crippen molar-refractivity contribution in [2.45, 2.75) is 13.5 Å². The van der Waals surface area contributed by atoms with Crippen LogP contribution in [0.1, 0.15) is 16.9 Å². The number of likely N-dealkylation sites (N-methyl/N-ethyl adjacent to an activating group) is 1. The molecule has 1 fully saturated rings. The molecule has 2 aromatic carbocycles. The second-order valence-electron chi connectivity index (χ2n) is 8.85. The zero-order chi connectivity index (χ0) is 23.7. The fraction of sp³-hybridized carbons (Fsp3) is 0.259. The molecule has 2 aliphatic rings. The van der Waals surface area contributed by atoms with Gasteiger partial charge in [0.15, 0.2) is 0 Å². The Labute approximate surface area is 199 Å². The van der Waals surface area contributed by atoms with Crippen molar-refractivity contribution in [3.05, 3.63) is 89.5 Å². The number of aryl methyl sites for hydroxylation is 1. The molecular weight excluding hydrogens is 428 g/mol. The summed E-state index contributed by atoms with van der Waals surface area (Å²) in [4.78, 5) is 32.7. The quantitative estimate of drug-likeness (QED) is 0.570. The van der Waals surface area contributed by atoms with E-state index in [0.717, 1.165) is 43.1 Å². The lowest BCUT2D eigenvalue weighted by atomic mass is 10.0. The highest BCUT2D eigenvalue weighted by molar-refractivity contribution is 6.36. The van der Waals surface area contributed by atoms with Gasteiger partial charge in [-0.05, 0) is 55.9 Å². The van der Waals surface area contributed by atoms with Crippen molar-refractivity contribution in [3.8, 4) is 0 Å². The molecule has 0 saturated carbocycles. The summed E-state index contributed by atoms with van der Waals surface area (Å²) in [6.45, 7) is 6.13. The number of nitrogens with one attached hydrogen (secondary N) is 1. The highest BCUT2D eigenvalue weighted by atomic mass is 16.3. The largest absolute Gasteiger partial charge is 0.467 e. The van der Waals surface area contributed by atoms with Gasteiger partial charge in [0.25, 0.3) is 11.8 Å². The van der Waals surface area contributed by atoms with E-state index >= 15 is 0 Å². The Kier molecular flexibility index (Phi) is 5.94. The van der Waals surface area contributed by atoms with Gasteiger partial charge in [0.2, 0.25) is 0 Å². The Bertz CT molecular complexity index is 1210. The number of hydrogen-bond acceptors (Lipinski definition) is 6. The summed E-state index contributed by atoms with van der Waals surface area (Å²) in [5, 5.41) is 3.24. The first-order chi connectivity index (χ1) is 16.5. The molecule has 0 unspecified atom stereocenters. The number of anilines is 2. The number of rotatable bonds is 6. The van der Waals surface area contributed by atoms with Crippen molar-refractivity contribution < 1.29 is 14.0 Å². The van der Waals surface area contributed by atoms with E-state index in [0.29, 0.717) is 16.9 Å². The van der Waals surface area contributed by atoms with Crippen molar-refractivity contribution in [2.75, 3.05) is 43.4 Å². The van der Waals surface area contributed by atoms with Gasteiger partial charge in [-0.1, -0.05) is 29.8 Å². The van der Waals surface area contributed by atoms with Crippen LogP contribution in [0.4, 0.5) is 11.4 Å². The predicted molar refractivity (Wildman–Crippen MR) is 132 cm³/mol. The second-order valence-corrected chi connectivity index (χ2v) is 8.85. The molecule has 0 atom stereocenters. The highest BCUT2D eigenvalue weighted by Crippen LogP contribution is 2.32. The Morgan fingerprint density at radius 3 is 2.24 bits per heavy atom. The Morgan fingerprint density at radius 1 is 0.882 bits per heavy atom. The van der Waals surface area contributed by atoms with Gasteiger partial charge in [-0.2, -0.15) is 0 Å². The number of benzene rings is 2. The van der Waals surface area contributed by atoms with Crippen molar-refractivity contribution in [3.63, 3.8) is 0 Å². The van der Waals surface area contributed by atoms with Crippen molar-refractivity contribution in [1.82, 2.24) is 9.80 Å². The van der Waals surface area contributed by atoms with E-state index in [1.165, 1.54) is 11.2 Å². The molecule has 0 radical (unpaired) electrons. The summed E-state index contributed by atoms with van der Waals surface area (Å²) in [5.41, 5.74) is 4.37. The van der Waals surface area contributed by atoms with E-state index in [4.69, 9.17) is 4.42 Å². The number of carbonyl (C=O) groups excluding carboxylic acids is 2. The van der Waals surface area contributed by atoms with Crippen LogP contribution in [-0.4, -0.2) is 54.8 Å². The van der Waals surface area contributed by atoms with Gasteiger partial charge in [-0.15, -0.1) is 0 Å². The molecule has 7 heteroatoms. The lowest BCUT2D eigenvalue weighted by Crippen LogP contribution is -2.44. The number of nitrogens with zero attached hydrogens (tertiary/aromatic N) is 3. The maximum atomic E-state index is 13.4. The van der Waals surface area contributed by atoms with Gasteiger partial charge < -0.3 is 19.5 Å². The zero-order valence-electron chi connectivity index (χ0n) is 19.5. The van der Waals surface area contributed by atoms with E-state index in [2.05, 4.69) is 34.3 Å². The third-order valence-electron chi connectivity index (χ3n) is 6.41. The average molecular weight is 457 g/mol. The number of imide groups is 1. The molecule has 34 heavy (non-hydrogen) atoms. The van der Waals surface area contributed by atoms with Crippen LogP contribution < -0.4 is 10.2 Å². The lowest BCUT2D eigenvalue weighted by Gasteiger charge is -2.34. The summed E-state index contributed by atoms with van der Waals surface area (Å²) in [6, 6.07) is 19.2. The number of amides is 2. The average Bonchev–Trinajstić information content (AvgIpc) is 3.44. The fourth-order valence-electron chi connectivity index (χ4n) is 4.35.